The number of carboxylic acid groups (broad SMARTS) is 1. The zero-order valence-corrected chi connectivity index (χ0v) is 22.3. The van der Waals surface area contributed by atoms with Crippen molar-refractivity contribution in [1.82, 2.24) is 5.32 Å². The van der Waals surface area contributed by atoms with Crippen molar-refractivity contribution in [2.45, 2.75) is 135 Å². The van der Waals surface area contributed by atoms with E-state index in [-0.39, 0.29) is 5.91 Å². The molecule has 0 aromatic carbocycles. The lowest BCUT2D eigenvalue weighted by Gasteiger charge is -2.06. The highest BCUT2D eigenvalue weighted by atomic mass is 16.5. The van der Waals surface area contributed by atoms with Crippen LogP contribution >= 0.6 is 0 Å². The second kappa shape index (κ2) is 28.1. The maximum atomic E-state index is 11.8. The molecule has 0 bridgehead atoms. The molecular formula is C28H55NO5. The number of hydrogen-bond donors (Lipinski definition) is 2. The fraction of sp³-hybridized carbons (Fsp3) is 0.929. The molecule has 0 aliphatic rings. The molecule has 0 aromatic heterocycles. The fourth-order valence-electron chi connectivity index (χ4n) is 4.08. The molecule has 2 N–H and O–H groups in total. The van der Waals surface area contributed by atoms with E-state index in [0.29, 0.717) is 26.0 Å². The highest BCUT2D eigenvalue weighted by molar-refractivity contribution is 5.75. The summed E-state index contributed by atoms with van der Waals surface area (Å²) in [6, 6.07) is 0. The van der Waals surface area contributed by atoms with E-state index in [9.17, 15) is 9.59 Å². The average Bonchev–Trinajstić information content (AvgIpc) is 2.82. The van der Waals surface area contributed by atoms with E-state index >= 15 is 0 Å². The third kappa shape index (κ3) is 28.9. The van der Waals surface area contributed by atoms with Gasteiger partial charge in [0.1, 0.15) is 0 Å². The van der Waals surface area contributed by atoms with Gasteiger partial charge in [0.05, 0.1) is 0 Å². The first-order valence-corrected chi connectivity index (χ1v) is 14.2. The van der Waals surface area contributed by atoms with Gasteiger partial charge in [-0.15, -0.1) is 0 Å². The third-order valence-electron chi connectivity index (χ3n) is 6.22. The molecule has 6 heteroatoms. The van der Waals surface area contributed by atoms with Crippen molar-refractivity contribution in [2.24, 2.45) is 0 Å². The van der Waals surface area contributed by atoms with Gasteiger partial charge in [-0.25, -0.2) is 0 Å². The maximum Gasteiger partial charge on any atom is 0.303 e. The molecule has 0 spiro atoms. The molecule has 0 atom stereocenters. The van der Waals surface area contributed by atoms with E-state index in [0.717, 1.165) is 58.2 Å². The summed E-state index contributed by atoms with van der Waals surface area (Å²) >= 11 is 0. The highest BCUT2D eigenvalue weighted by Crippen LogP contribution is 2.14. The van der Waals surface area contributed by atoms with E-state index in [1.807, 2.05) is 0 Å². The van der Waals surface area contributed by atoms with Gasteiger partial charge < -0.3 is 19.9 Å². The smallest absolute Gasteiger partial charge is 0.303 e. The van der Waals surface area contributed by atoms with Crippen LogP contribution in [0.2, 0.25) is 0 Å². The van der Waals surface area contributed by atoms with Gasteiger partial charge in [0, 0.05) is 46.3 Å². The molecule has 1 amide bonds. The Bertz CT molecular complexity index is 445. The number of carboxylic acids is 1. The Balaban J connectivity index is 3.14. The number of unbranched alkanes of at least 4 members (excludes halogenated alkanes) is 16. The van der Waals surface area contributed by atoms with Crippen molar-refractivity contribution in [1.29, 1.82) is 0 Å². The monoisotopic (exact) mass is 485 g/mol. The third-order valence-corrected chi connectivity index (χ3v) is 6.22. The van der Waals surface area contributed by atoms with Crippen molar-refractivity contribution in [2.75, 3.05) is 33.5 Å². The Labute approximate surface area is 209 Å². The minimum absolute atomic E-state index is 0.179. The second-order valence-electron chi connectivity index (χ2n) is 9.57. The molecule has 0 saturated carbocycles. The van der Waals surface area contributed by atoms with Crippen molar-refractivity contribution in [3.05, 3.63) is 0 Å². The minimum atomic E-state index is -0.669. The minimum Gasteiger partial charge on any atom is -0.481 e. The number of carbonyl (C=O) groups excluding carboxylic acids is 1. The van der Waals surface area contributed by atoms with E-state index in [1.54, 1.807) is 7.11 Å². The largest absolute Gasteiger partial charge is 0.481 e. The van der Waals surface area contributed by atoms with Crippen molar-refractivity contribution >= 4 is 11.9 Å². The topological polar surface area (TPSA) is 84.9 Å². The standard InChI is InChI=1S/C28H55NO5/c1-33-24-18-19-25-34-26-20-23-29-27(30)21-16-14-12-10-8-6-4-2-3-5-7-9-11-13-15-17-22-28(31)32/h2-26H2,1H3,(H,29,30)(H,31,32). The van der Waals surface area contributed by atoms with Crippen molar-refractivity contribution < 1.29 is 24.2 Å². The average molecular weight is 486 g/mol. The van der Waals surface area contributed by atoms with Crippen LogP contribution in [0.4, 0.5) is 0 Å². The predicted octanol–water partition coefficient (Wildman–Crippen LogP) is 7.04. The Hall–Kier alpha value is -1.14. The fourth-order valence-corrected chi connectivity index (χ4v) is 4.08. The molecule has 0 aromatic rings. The number of amides is 1. The number of rotatable bonds is 28. The summed E-state index contributed by atoms with van der Waals surface area (Å²) in [6.45, 7) is 3.00. The summed E-state index contributed by atoms with van der Waals surface area (Å²) in [6.07, 6.45) is 23.7. The first-order valence-electron chi connectivity index (χ1n) is 14.2. The number of methoxy groups -OCH3 is 1. The van der Waals surface area contributed by atoms with Gasteiger partial charge in [0.2, 0.25) is 5.91 Å². The van der Waals surface area contributed by atoms with Crippen LogP contribution in [0.15, 0.2) is 0 Å². The normalized spacial score (nSPS) is 11.1. The SMILES string of the molecule is COCCCCOCCCNC(=O)CCCCCCCCCCCCCCCCCCC(=O)O. The highest BCUT2D eigenvalue weighted by Gasteiger charge is 2.01. The van der Waals surface area contributed by atoms with E-state index in [1.165, 1.54) is 77.0 Å². The van der Waals surface area contributed by atoms with Crippen molar-refractivity contribution in [3.8, 4) is 0 Å². The molecular weight excluding hydrogens is 430 g/mol. The number of aliphatic carboxylic acids is 1. The Kier molecular flexibility index (Phi) is 27.2. The number of hydrogen-bond acceptors (Lipinski definition) is 4. The summed E-state index contributed by atoms with van der Waals surface area (Å²) in [7, 11) is 1.72. The van der Waals surface area contributed by atoms with Crippen LogP contribution in [-0.4, -0.2) is 50.5 Å². The molecule has 0 unspecified atom stereocenters. The quantitative estimate of drug-likeness (QED) is 0.116. The summed E-state index contributed by atoms with van der Waals surface area (Å²) < 4.78 is 10.5. The Morgan fingerprint density at radius 1 is 0.559 bits per heavy atom. The van der Waals surface area contributed by atoms with Crippen LogP contribution in [0.1, 0.15) is 135 Å². The van der Waals surface area contributed by atoms with Gasteiger partial charge >= 0.3 is 5.97 Å². The van der Waals surface area contributed by atoms with Gasteiger partial charge in [-0.1, -0.05) is 89.9 Å². The molecule has 6 nitrogen and oxygen atoms in total. The number of ether oxygens (including phenoxy) is 2. The van der Waals surface area contributed by atoms with E-state index in [4.69, 9.17) is 14.6 Å². The molecule has 0 radical (unpaired) electrons. The zero-order valence-electron chi connectivity index (χ0n) is 22.3. The van der Waals surface area contributed by atoms with E-state index < -0.39 is 5.97 Å². The summed E-state index contributed by atoms with van der Waals surface area (Å²) in [5.41, 5.74) is 0. The van der Waals surface area contributed by atoms with E-state index in [2.05, 4.69) is 5.32 Å². The van der Waals surface area contributed by atoms with Crippen LogP contribution in [-0.2, 0) is 19.1 Å². The first kappa shape index (κ1) is 32.9. The van der Waals surface area contributed by atoms with Crippen LogP contribution in [0.25, 0.3) is 0 Å². The van der Waals surface area contributed by atoms with Crippen molar-refractivity contribution in [3.63, 3.8) is 0 Å². The molecule has 34 heavy (non-hydrogen) atoms. The van der Waals surface area contributed by atoms with Gasteiger partial charge in [0.15, 0.2) is 0 Å². The molecule has 0 aliphatic heterocycles. The molecule has 0 aliphatic carbocycles. The molecule has 0 rings (SSSR count). The number of nitrogens with one attached hydrogen (secondary N) is 1. The van der Waals surface area contributed by atoms with Gasteiger partial charge in [0.25, 0.3) is 0 Å². The van der Waals surface area contributed by atoms with Crippen LogP contribution < -0.4 is 5.32 Å². The van der Waals surface area contributed by atoms with Gasteiger partial charge in [-0.05, 0) is 32.1 Å². The second-order valence-corrected chi connectivity index (χ2v) is 9.57. The van der Waals surface area contributed by atoms with Crippen LogP contribution in [0, 0.1) is 0 Å². The summed E-state index contributed by atoms with van der Waals surface area (Å²) in [5, 5.41) is 11.6. The number of carbonyl (C=O) groups is 2. The predicted molar refractivity (Wildman–Crippen MR) is 140 cm³/mol. The lowest BCUT2D eigenvalue weighted by atomic mass is 10.0. The Morgan fingerprint density at radius 2 is 0.971 bits per heavy atom. The maximum absolute atomic E-state index is 11.8. The zero-order chi connectivity index (χ0) is 25.0. The molecule has 202 valence electrons. The lowest BCUT2D eigenvalue weighted by Crippen LogP contribution is -2.24. The van der Waals surface area contributed by atoms with Gasteiger partial charge in [-0.3, -0.25) is 9.59 Å². The van der Waals surface area contributed by atoms with Crippen LogP contribution in [0.5, 0.6) is 0 Å². The lowest BCUT2D eigenvalue weighted by molar-refractivity contribution is -0.137. The molecule has 0 heterocycles. The molecule has 0 fully saturated rings. The van der Waals surface area contributed by atoms with Gasteiger partial charge in [-0.2, -0.15) is 0 Å². The van der Waals surface area contributed by atoms with Crippen LogP contribution in [0.3, 0.4) is 0 Å². The Morgan fingerprint density at radius 3 is 1.44 bits per heavy atom. The summed E-state index contributed by atoms with van der Waals surface area (Å²) in [4.78, 5) is 22.3. The summed E-state index contributed by atoms with van der Waals surface area (Å²) in [5.74, 6) is -0.490. The first-order chi connectivity index (χ1) is 16.7. The molecule has 0 saturated heterocycles.